The van der Waals surface area contributed by atoms with Gasteiger partial charge >= 0.3 is 0 Å². The number of rotatable bonds is 4. The van der Waals surface area contributed by atoms with E-state index in [-0.39, 0.29) is 11.9 Å². The minimum absolute atomic E-state index is 0.0248. The van der Waals surface area contributed by atoms with Crippen LogP contribution in [0.2, 0.25) is 0 Å². The van der Waals surface area contributed by atoms with Gasteiger partial charge in [0.1, 0.15) is 0 Å². The van der Waals surface area contributed by atoms with Crippen LogP contribution in [0.15, 0.2) is 24.3 Å². The van der Waals surface area contributed by atoms with Gasteiger partial charge in [-0.3, -0.25) is 9.69 Å². The molecule has 1 saturated heterocycles. The zero-order valence-corrected chi connectivity index (χ0v) is 12.9. The molecule has 0 saturated carbocycles. The summed E-state index contributed by atoms with van der Waals surface area (Å²) >= 11 is 0. The zero-order valence-electron chi connectivity index (χ0n) is 12.9. The maximum Gasteiger partial charge on any atom is 0.237 e. The summed E-state index contributed by atoms with van der Waals surface area (Å²) in [6, 6.07) is 8.28. The van der Waals surface area contributed by atoms with Gasteiger partial charge in [-0.2, -0.15) is 0 Å². The third-order valence-electron chi connectivity index (χ3n) is 4.20. The molecule has 0 aromatic heterocycles. The molecule has 2 rings (SSSR count). The van der Waals surface area contributed by atoms with E-state index in [1.54, 1.807) is 0 Å². The van der Waals surface area contributed by atoms with Crippen molar-refractivity contribution in [2.45, 2.75) is 46.2 Å². The Balaban J connectivity index is 1.83. The van der Waals surface area contributed by atoms with E-state index in [0.29, 0.717) is 12.5 Å². The molecule has 1 aliphatic rings. The summed E-state index contributed by atoms with van der Waals surface area (Å²) in [5, 5.41) is 3.05. The van der Waals surface area contributed by atoms with Crippen molar-refractivity contribution in [2.75, 3.05) is 13.1 Å². The summed E-state index contributed by atoms with van der Waals surface area (Å²) in [7, 11) is 0. The van der Waals surface area contributed by atoms with Crippen molar-refractivity contribution in [3.05, 3.63) is 35.4 Å². The number of aryl methyl sites for hydroxylation is 1. The molecule has 1 heterocycles. The number of nitrogens with one attached hydrogen (secondary N) is 1. The Kier molecular flexibility index (Phi) is 5.18. The minimum Gasteiger partial charge on any atom is -0.351 e. The van der Waals surface area contributed by atoms with Gasteiger partial charge in [0.05, 0.1) is 6.04 Å². The van der Waals surface area contributed by atoms with E-state index >= 15 is 0 Å². The van der Waals surface area contributed by atoms with Crippen LogP contribution in [-0.4, -0.2) is 29.9 Å². The molecule has 3 nitrogen and oxygen atoms in total. The molecule has 1 aliphatic heterocycles. The summed E-state index contributed by atoms with van der Waals surface area (Å²) in [5.41, 5.74) is 2.40. The fourth-order valence-corrected chi connectivity index (χ4v) is 2.79. The van der Waals surface area contributed by atoms with E-state index in [9.17, 15) is 4.79 Å². The van der Waals surface area contributed by atoms with E-state index < -0.39 is 0 Å². The van der Waals surface area contributed by atoms with E-state index in [1.807, 2.05) is 6.92 Å². The van der Waals surface area contributed by atoms with Crippen molar-refractivity contribution in [3.63, 3.8) is 0 Å². The third-order valence-corrected chi connectivity index (χ3v) is 4.20. The highest BCUT2D eigenvalue weighted by Crippen LogP contribution is 2.17. The van der Waals surface area contributed by atoms with Gasteiger partial charge in [-0.1, -0.05) is 36.8 Å². The van der Waals surface area contributed by atoms with Crippen LogP contribution in [0.5, 0.6) is 0 Å². The van der Waals surface area contributed by atoms with Crippen LogP contribution in [-0.2, 0) is 11.3 Å². The van der Waals surface area contributed by atoms with Gasteiger partial charge in [-0.15, -0.1) is 0 Å². The van der Waals surface area contributed by atoms with Crippen molar-refractivity contribution in [3.8, 4) is 0 Å². The van der Waals surface area contributed by atoms with E-state index in [0.717, 1.165) is 18.7 Å². The first kappa shape index (κ1) is 15.0. The molecule has 2 unspecified atom stereocenters. The molecule has 3 heteroatoms. The first-order chi connectivity index (χ1) is 9.56. The number of piperidine rings is 1. The quantitative estimate of drug-likeness (QED) is 0.915. The van der Waals surface area contributed by atoms with Gasteiger partial charge in [0.15, 0.2) is 0 Å². The van der Waals surface area contributed by atoms with Gasteiger partial charge in [0, 0.05) is 13.1 Å². The Morgan fingerprint density at radius 2 is 2.10 bits per heavy atom. The monoisotopic (exact) mass is 274 g/mol. The van der Waals surface area contributed by atoms with Crippen LogP contribution < -0.4 is 5.32 Å². The lowest BCUT2D eigenvalue weighted by Crippen LogP contribution is -2.48. The van der Waals surface area contributed by atoms with Crippen LogP contribution in [0.1, 0.15) is 37.8 Å². The third kappa shape index (κ3) is 4.07. The summed E-state index contributed by atoms with van der Waals surface area (Å²) < 4.78 is 0. The van der Waals surface area contributed by atoms with Crippen LogP contribution in [0, 0.1) is 12.8 Å². The molecule has 1 N–H and O–H groups in total. The summed E-state index contributed by atoms with van der Waals surface area (Å²) in [5.74, 6) is 0.843. The number of nitrogens with zero attached hydrogens (tertiary/aromatic N) is 1. The Bertz CT molecular complexity index is 441. The first-order valence-corrected chi connectivity index (χ1v) is 7.63. The van der Waals surface area contributed by atoms with Crippen LogP contribution >= 0.6 is 0 Å². The lowest BCUT2D eigenvalue weighted by Gasteiger charge is -2.34. The highest BCUT2D eigenvalue weighted by atomic mass is 16.2. The summed E-state index contributed by atoms with van der Waals surface area (Å²) in [6.07, 6.45) is 2.49. The fourth-order valence-electron chi connectivity index (χ4n) is 2.79. The molecular formula is C17H26N2O. The second-order valence-corrected chi connectivity index (χ2v) is 6.12. The number of hydrogen-bond donors (Lipinski definition) is 1. The van der Waals surface area contributed by atoms with Gasteiger partial charge in [-0.05, 0) is 44.7 Å². The number of carbonyl (C=O) groups is 1. The fraction of sp³-hybridized carbons (Fsp3) is 0.588. The summed E-state index contributed by atoms with van der Waals surface area (Å²) in [4.78, 5) is 14.5. The number of hydrogen-bond acceptors (Lipinski definition) is 2. The summed E-state index contributed by atoms with van der Waals surface area (Å²) in [6.45, 7) is 9.06. The second kappa shape index (κ2) is 6.89. The highest BCUT2D eigenvalue weighted by Gasteiger charge is 2.25. The second-order valence-electron chi connectivity index (χ2n) is 6.12. The molecule has 1 amide bonds. The van der Waals surface area contributed by atoms with E-state index in [1.165, 1.54) is 18.4 Å². The zero-order chi connectivity index (χ0) is 14.5. The van der Waals surface area contributed by atoms with Crippen molar-refractivity contribution in [1.82, 2.24) is 10.2 Å². The van der Waals surface area contributed by atoms with Gasteiger partial charge in [0.2, 0.25) is 5.91 Å². The average molecular weight is 274 g/mol. The predicted molar refractivity (Wildman–Crippen MR) is 82.5 cm³/mol. The molecule has 20 heavy (non-hydrogen) atoms. The predicted octanol–water partition coefficient (Wildman–Crippen LogP) is 2.73. The van der Waals surface area contributed by atoms with Crippen molar-refractivity contribution in [2.24, 2.45) is 5.92 Å². The highest BCUT2D eigenvalue weighted by molar-refractivity contribution is 5.81. The largest absolute Gasteiger partial charge is 0.351 e. The smallest absolute Gasteiger partial charge is 0.237 e. The maximum absolute atomic E-state index is 12.2. The molecule has 1 aromatic rings. The van der Waals surface area contributed by atoms with Crippen molar-refractivity contribution < 1.29 is 4.79 Å². The molecule has 0 bridgehead atoms. The molecule has 1 fully saturated rings. The van der Waals surface area contributed by atoms with Crippen molar-refractivity contribution >= 4 is 5.91 Å². The van der Waals surface area contributed by atoms with Gasteiger partial charge in [0.25, 0.3) is 0 Å². The molecule has 0 aliphatic carbocycles. The molecule has 2 atom stereocenters. The van der Waals surface area contributed by atoms with Gasteiger partial charge < -0.3 is 5.32 Å². The van der Waals surface area contributed by atoms with Crippen molar-refractivity contribution in [1.29, 1.82) is 0 Å². The standard InChI is InChI=1S/C17H26N2O/c1-13-6-8-16(9-7-13)11-18-17(20)15(3)19-10-4-5-14(2)12-19/h6-9,14-15H,4-5,10-12H2,1-3H3,(H,18,20). The Labute approximate surface area is 122 Å². The topological polar surface area (TPSA) is 32.3 Å². The SMILES string of the molecule is Cc1ccc(CNC(=O)C(C)N2CCCC(C)C2)cc1. The van der Waals surface area contributed by atoms with Crippen LogP contribution in [0.3, 0.4) is 0 Å². The van der Waals surface area contributed by atoms with Crippen LogP contribution in [0.4, 0.5) is 0 Å². The number of carbonyl (C=O) groups excluding carboxylic acids is 1. The Morgan fingerprint density at radius 1 is 1.40 bits per heavy atom. The van der Waals surface area contributed by atoms with E-state index in [4.69, 9.17) is 0 Å². The normalized spacial score (nSPS) is 21.4. The van der Waals surface area contributed by atoms with Crippen LogP contribution in [0.25, 0.3) is 0 Å². The van der Waals surface area contributed by atoms with Gasteiger partial charge in [-0.25, -0.2) is 0 Å². The van der Waals surface area contributed by atoms with E-state index in [2.05, 4.69) is 48.3 Å². The first-order valence-electron chi connectivity index (χ1n) is 7.63. The molecule has 110 valence electrons. The molecule has 0 radical (unpaired) electrons. The number of benzene rings is 1. The molecular weight excluding hydrogens is 248 g/mol. The maximum atomic E-state index is 12.2. The minimum atomic E-state index is -0.0248. The Morgan fingerprint density at radius 3 is 2.75 bits per heavy atom. The molecule has 1 aromatic carbocycles. The number of likely N-dealkylation sites (tertiary alicyclic amines) is 1. The Hall–Kier alpha value is -1.35. The number of amides is 1. The lowest BCUT2D eigenvalue weighted by atomic mass is 9.99. The molecule has 0 spiro atoms. The lowest BCUT2D eigenvalue weighted by molar-refractivity contribution is -0.126. The average Bonchev–Trinajstić information content (AvgIpc) is 2.45.